The number of hydrogen-bond acceptors (Lipinski definition) is 5. The molecule has 0 bridgehead atoms. The van der Waals surface area contributed by atoms with Gasteiger partial charge in [0, 0.05) is 0 Å². The third-order valence-electron chi connectivity index (χ3n) is 4.24. The summed E-state index contributed by atoms with van der Waals surface area (Å²) in [5.74, 6) is 0.268. The first-order valence-electron chi connectivity index (χ1n) is 9.41. The fourth-order valence-corrected chi connectivity index (χ4v) is 2.77. The van der Waals surface area contributed by atoms with Gasteiger partial charge in [-0.1, -0.05) is 48.5 Å². The highest BCUT2D eigenvalue weighted by atomic mass is 16.5. The van der Waals surface area contributed by atoms with Crippen molar-refractivity contribution in [2.45, 2.75) is 13.8 Å². The Hall–Kier alpha value is -3.93. The number of ether oxygens (including phenoxy) is 2. The third kappa shape index (κ3) is 5.78. The Bertz CT molecular complexity index is 1040. The second-order valence-electron chi connectivity index (χ2n) is 6.63. The maximum atomic E-state index is 12.1. The molecule has 0 fully saturated rings. The number of amides is 1. The number of carbonyl (C=O) groups is 2. The highest BCUT2D eigenvalue weighted by Crippen LogP contribution is 2.22. The van der Waals surface area contributed by atoms with Crippen molar-refractivity contribution in [1.82, 2.24) is 5.43 Å². The molecule has 3 aromatic rings. The number of aryl methyl sites for hydroxylation is 2. The Morgan fingerprint density at radius 1 is 0.933 bits per heavy atom. The van der Waals surface area contributed by atoms with Crippen molar-refractivity contribution in [2.24, 2.45) is 5.10 Å². The number of hydrogen-bond donors (Lipinski definition) is 1. The molecule has 0 aromatic heterocycles. The van der Waals surface area contributed by atoms with Gasteiger partial charge >= 0.3 is 5.97 Å². The molecule has 3 rings (SSSR count). The van der Waals surface area contributed by atoms with Crippen LogP contribution in [0.4, 0.5) is 0 Å². The molecule has 0 aliphatic carbocycles. The largest absolute Gasteiger partial charge is 0.483 e. The summed E-state index contributed by atoms with van der Waals surface area (Å²) in [5.41, 5.74) is 5.49. The van der Waals surface area contributed by atoms with Crippen LogP contribution in [0.15, 0.2) is 77.9 Å². The van der Waals surface area contributed by atoms with Gasteiger partial charge in [0.1, 0.15) is 11.5 Å². The van der Waals surface area contributed by atoms with E-state index in [1.54, 1.807) is 48.5 Å². The Morgan fingerprint density at radius 2 is 1.63 bits per heavy atom. The first kappa shape index (κ1) is 20.8. The van der Waals surface area contributed by atoms with Crippen LogP contribution in [0.2, 0.25) is 0 Å². The minimum atomic E-state index is -0.443. The van der Waals surface area contributed by atoms with E-state index in [-0.39, 0.29) is 12.5 Å². The summed E-state index contributed by atoms with van der Waals surface area (Å²) < 4.78 is 11.0. The van der Waals surface area contributed by atoms with Gasteiger partial charge in [0.05, 0.1) is 11.8 Å². The maximum Gasteiger partial charge on any atom is 0.343 e. The highest BCUT2D eigenvalue weighted by molar-refractivity contribution is 5.91. The van der Waals surface area contributed by atoms with Gasteiger partial charge in [-0.2, -0.15) is 5.10 Å². The number of esters is 1. The number of nitrogens with zero attached hydrogens (tertiary/aromatic N) is 1. The van der Waals surface area contributed by atoms with Crippen LogP contribution in [0, 0.1) is 13.8 Å². The quantitative estimate of drug-likeness (QED) is 0.280. The smallest absolute Gasteiger partial charge is 0.343 e. The summed E-state index contributed by atoms with van der Waals surface area (Å²) >= 11 is 0. The lowest BCUT2D eigenvalue weighted by atomic mass is 10.1. The van der Waals surface area contributed by atoms with Crippen LogP contribution in [-0.4, -0.2) is 24.7 Å². The Balaban J connectivity index is 1.53. The molecule has 0 heterocycles. The molecular formula is C24H22N2O4. The Labute approximate surface area is 175 Å². The second kappa shape index (κ2) is 10.0. The normalized spacial score (nSPS) is 10.6. The van der Waals surface area contributed by atoms with Crippen LogP contribution in [0.3, 0.4) is 0 Å². The molecule has 0 radical (unpaired) electrons. The predicted molar refractivity (Wildman–Crippen MR) is 115 cm³/mol. The van der Waals surface area contributed by atoms with Crippen LogP contribution in [0.5, 0.6) is 11.5 Å². The second-order valence-corrected chi connectivity index (χ2v) is 6.63. The standard InChI is InChI=1S/C24H22N2O4/c1-17-8-6-9-18(2)23(17)29-16-22(27)26-25-15-19-10-7-13-21(14-19)30-24(28)20-11-4-3-5-12-20/h3-15H,16H2,1-2H3,(H,26,27)/b25-15+. The van der Waals surface area contributed by atoms with Gasteiger partial charge in [-0.25, -0.2) is 10.2 Å². The lowest BCUT2D eigenvalue weighted by Gasteiger charge is -2.10. The Kier molecular flexibility index (Phi) is 6.95. The van der Waals surface area contributed by atoms with Crippen molar-refractivity contribution in [1.29, 1.82) is 0 Å². The van der Waals surface area contributed by atoms with Gasteiger partial charge in [0.15, 0.2) is 6.61 Å². The van der Waals surface area contributed by atoms with Crippen LogP contribution < -0.4 is 14.9 Å². The van der Waals surface area contributed by atoms with E-state index < -0.39 is 5.97 Å². The zero-order valence-corrected chi connectivity index (χ0v) is 16.8. The summed E-state index contributed by atoms with van der Waals surface area (Å²) in [6, 6.07) is 21.4. The highest BCUT2D eigenvalue weighted by Gasteiger charge is 2.08. The van der Waals surface area contributed by atoms with Crippen LogP contribution in [0.25, 0.3) is 0 Å². The molecule has 0 saturated carbocycles. The number of rotatable bonds is 7. The molecule has 3 aromatic carbocycles. The maximum absolute atomic E-state index is 12.1. The summed E-state index contributed by atoms with van der Waals surface area (Å²) in [6.07, 6.45) is 1.47. The minimum Gasteiger partial charge on any atom is -0.483 e. The van der Waals surface area contributed by atoms with Crippen molar-refractivity contribution in [2.75, 3.05) is 6.61 Å². The molecule has 0 aliphatic heterocycles. The lowest BCUT2D eigenvalue weighted by molar-refractivity contribution is -0.123. The van der Waals surface area contributed by atoms with Crippen LogP contribution >= 0.6 is 0 Å². The first-order valence-corrected chi connectivity index (χ1v) is 9.41. The molecule has 6 nitrogen and oxygen atoms in total. The van der Waals surface area contributed by atoms with Gasteiger partial charge in [-0.15, -0.1) is 0 Å². The van der Waals surface area contributed by atoms with Crippen molar-refractivity contribution in [3.05, 3.63) is 95.1 Å². The van der Waals surface area contributed by atoms with Gasteiger partial charge in [0.2, 0.25) is 0 Å². The van der Waals surface area contributed by atoms with Crippen LogP contribution in [-0.2, 0) is 4.79 Å². The predicted octanol–water partition coefficient (Wildman–Crippen LogP) is 4.05. The van der Waals surface area contributed by atoms with E-state index in [0.717, 1.165) is 11.1 Å². The summed E-state index contributed by atoms with van der Waals surface area (Å²) in [4.78, 5) is 24.1. The van der Waals surface area contributed by atoms with E-state index in [1.807, 2.05) is 38.1 Å². The minimum absolute atomic E-state index is 0.141. The SMILES string of the molecule is Cc1cccc(C)c1OCC(=O)N/N=C/c1cccc(OC(=O)c2ccccc2)c1. The van der Waals surface area contributed by atoms with E-state index in [9.17, 15) is 9.59 Å². The number of hydrazone groups is 1. The molecule has 30 heavy (non-hydrogen) atoms. The van der Waals surface area contributed by atoms with Gasteiger partial charge < -0.3 is 9.47 Å². The first-order chi connectivity index (χ1) is 14.5. The molecular weight excluding hydrogens is 380 g/mol. The molecule has 152 valence electrons. The van der Waals surface area contributed by atoms with Crippen molar-refractivity contribution < 1.29 is 19.1 Å². The summed E-state index contributed by atoms with van der Waals surface area (Å²) in [6.45, 7) is 3.71. The number of carbonyl (C=O) groups excluding carboxylic acids is 2. The molecule has 0 unspecified atom stereocenters. The van der Waals surface area contributed by atoms with Crippen molar-refractivity contribution in [3.8, 4) is 11.5 Å². The molecule has 1 amide bonds. The van der Waals surface area contributed by atoms with E-state index in [0.29, 0.717) is 22.6 Å². The summed E-state index contributed by atoms with van der Waals surface area (Å²) in [5, 5.41) is 3.93. The lowest BCUT2D eigenvalue weighted by Crippen LogP contribution is -2.25. The fourth-order valence-electron chi connectivity index (χ4n) is 2.77. The number of benzene rings is 3. The third-order valence-corrected chi connectivity index (χ3v) is 4.24. The topological polar surface area (TPSA) is 77.0 Å². The van der Waals surface area contributed by atoms with E-state index in [2.05, 4.69) is 10.5 Å². The zero-order valence-electron chi connectivity index (χ0n) is 16.8. The molecule has 0 atom stereocenters. The molecule has 6 heteroatoms. The Morgan fingerprint density at radius 3 is 2.37 bits per heavy atom. The number of nitrogens with one attached hydrogen (secondary N) is 1. The van der Waals surface area contributed by atoms with E-state index >= 15 is 0 Å². The molecule has 0 aliphatic rings. The monoisotopic (exact) mass is 402 g/mol. The molecule has 0 spiro atoms. The van der Waals surface area contributed by atoms with E-state index in [4.69, 9.17) is 9.47 Å². The van der Waals surface area contributed by atoms with Gasteiger partial charge in [0.25, 0.3) is 5.91 Å². The molecule has 0 saturated heterocycles. The number of para-hydroxylation sites is 1. The van der Waals surface area contributed by atoms with Gasteiger partial charge in [-0.3, -0.25) is 4.79 Å². The van der Waals surface area contributed by atoms with Crippen molar-refractivity contribution >= 4 is 18.1 Å². The average Bonchev–Trinajstić information content (AvgIpc) is 2.74. The zero-order chi connectivity index (χ0) is 21.3. The average molecular weight is 402 g/mol. The fraction of sp³-hybridized carbons (Fsp3) is 0.125. The summed E-state index contributed by atoms with van der Waals surface area (Å²) in [7, 11) is 0. The van der Waals surface area contributed by atoms with E-state index in [1.165, 1.54) is 6.21 Å². The van der Waals surface area contributed by atoms with Crippen LogP contribution in [0.1, 0.15) is 27.0 Å². The van der Waals surface area contributed by atoms with Gasteiger partial charge in [-0.05, 0) is 54.8 Å². The molecule has 1 N–H and O–H groups in total. The van der Waals surface area contributed by atoms with Crippen molar-refractivity contribution in [3.63, 3.8) is 0 Å².